The molecule has 1 aliphatic rings. The van der Waals surface area contributed by atoms with Gasteiger partial charge < -0.3 is 10.1 Å². The molecule has 0 saturated carbocycles. The molecule has 26 heavy (non-hydrogen) atoms. The van der Waals surface area contributed by atoms with E-state index in [2.05, 4.69) is 17.0 Å². The molecular formula is C19H30N2O4S. The summed E-state index contributed by atoms with van der Waals surface area (Å²) in [5.74, 6) is -0.176. The maximum atomic E-state index is 12.3. The second kappa shape index (κ2) is 10.0. The molecule has 0 bridgehead atoms. The number of nitrogens with one attached hydrogen (secondary N) is 2. The van der Waals surface area contributed by atoms with Crippen LogP contribution in [0.15, 0.2) is 29.2 Å². The van der Waals surface area contributed by atoms with Crippen molar-refractivity contribution in [1.82, 2.24) is 10.0 Å². The maximum absolute atomic E-state index is 12.3. The zero-order valence-electron chi connectivity index (χ0n) is 15.7. The Balaban J connectivity index is 1.88. The minimum atomic E-state index is -3.59. The number of carbonyl (C=O) groups is 1. The van der Waals surface area contributed by atoms with E-state index in [4.69, 9.17) is 4.74 Å². The Kier molecular flexibility index (Phi) is 8.06. The number of sulfonamides is 1. The van der Waals surface area contributed by atoms with Crippen LogP contribution in [0.3, 0.4) is 0 Å². The maximum Gasteiger partial charge on any atom is 0.251 e. The van der Waals surface area contributed by atoms with Crippen molar-refractivity contribution in [2.45, 2.75) is 69.4 Å². The second-order valence-corrected chi connectivity index (χ2v) is 8.65. The number of unbranched alkanes of at least 4 members (excludes halogenated alkanes) is 2. The smallest absolute Gasteiger partial charge is 0.251 e. The van der Waals surface area contributed by atoms with Gasteiger partial charge in [0.25, 0.3) is 5.91 Å². The van der Waals surface area contributed by atoms with Gasteiger partial charge in [0.1, 0.15) is 0 Å². The van der Waals surface area contributed by atoms with Crippen molar-refractivity contribution in [2.75, 3.05) is 13.2 Å². The Bertz CT molecular complexity index is 667. The van der Waals surface area contributed by atoms with Gasteiger partial charge >= 0.3 is 0 Å². The fraction of sp³-hybridized carbons (Fsp3) is 0.632. The van der Waals surface area contributed by atoms with Crippen molar-refractivity contribution in [2.24, 2.45) is 0 Å². The molecule has 2 N–H and O–H groups in total. The van der Waals surface area contributed by atoms with Gasteiger partial charge in [-0.3, -0.25) is 4.79 Å². The zero-order valence-corrected chi connectivity index (χ0v) is 16.5. The predicted molar refractivity (Wildman–Crippen MR) is 102 cm³/mol. The molecule has 2 rings (SSSR count). The van der Waals surface area contributed by atoms with Gasteiger partial charge in [0.05, 0.1) is 11.0 Å². The first-order chi connectivity index (χ1) is 12.4. The molecule has 2 atom stereocenters. The summed E-state index contributed by atoms with van der Waals surface area (Å²) in [6.45, 7) is 5.10. The lowest BCUT2D eigenvalue weighted by molar-refractivity contribution is 0.0938. The molecule has 146 valence electrons. The van der Waals surface area contributed by atoms with Gasteiger partial charge in [-0.25, -0.2) is 13.1 Å². The molecule has 1 aliphatic heterocycles. The number of hydrogen-bond acceptors (Lipinski definition) is 4. The van der Waals surface area contributed by atoms with Crippen LogP contribution in [0.2, 0.25) is 0 Å². The lowest BCUT2D eigenvalue weighted by Crippen LogP contribution is -2.33. The number of hydrogen-bond donors (Lipinski definition) is 2. The summed E-state index contributed by atoms with van der Waals surface area (Å²) < 4.78 is 32.7. The van der Waals surface area contributed by atoms with Crippen LogP contribution in [0, 0.1) is 0 Å². The summed E-state index contributed by atoms with van der Waals surface area (Å²) >= 11 is 0. The molecule has 1 saturated heterocycles. The third kappa shape index (κ3) is 6.37. The highest BCUT2D eigenvalue weighted by atomic mass is 32.2. The molecule has 0 spiro atoms. The average molecular weight is 383 g/mol. The number of carbonyl (C=O) groups excluding carboxylic acids is 1. The molecule has 7 heteroatoms. The summed E-state index contributed by atoms with van der Waals surface area (Å²) in [5, 5.41) is 2.95. The monoisotopic (exact) mass is 382 g/mol. The molecule has 0 radical (unpaired) electrons. The Morgan fingerprint density at radius 2 is 2.00 bits per heavy atom. The summed E-state index contributed by atoms with van der Waals surface area (Å²) in [6, 6.07) is 6.14. The van der Waals surface area contributed by atoms with Crippen molar-refractivity contribution in [1.29, 1.82) is 0 Å². The molecule has 1 aromatic rings. The molecular weight excluding hydrogens is 352 g/mol. The molecule has 2 unspecified atom stereocenters. The van der Waals surface area contributed by atoms with Crippen LogP contribution in [0.25, 0.3) is 0 Å². The van der Waals surface area contributed by atoms with E-state index in [9.17, 15) is 13.2 Å². The van der Waals surface area contributed by atoms with Crippen LogP contribution in [0.1, 0.15) is 62.7 Å². The van der Waals surface area contributed by atoms with Crippen LogP contribution in [-0.2, 0) is 14.8 Å². The van der Waals surface area contributed by atoms with Crippen LogP contribution < -0.4 is 10.0 Å². The van der Waals surface area contributed by atoms with E-state index >= 15 is 0 Å². The molecule has 1 heterocycles. The van der Waals surface area contributed by atoms with Gasteiger partial charge in [0.2, 0.25) is 10.0 Å². The minimum absolute atomic E-state index is 0.0518. The van der Waals surface area contributed by atoms with Crippen molar-refractivity contribution in [3.8, 4) is 0 Å². The average Bonchev–Trinajstić information content (AvgIpc) is 3.14. The summed E-state index contributed by atoms with van der Waals surface area (Å²) in [4.78, 5) is 12.4. The van der Waals surface area contributed by atoms with Gasteiger partial charge in [-0.2, -0.15) is 0 Å². The molecule has 1 aromatic carbocycles. The predicted octanol–water partition coefficient (Wildman–Crippen LogP) is 2.84. The highest BCUT2D eigenvalue weighted by Crippen LogP contribution is 2.14. The van der Waals surface area contributed by atoms with E-state index in [1.165, 1.54) is 12.1 Å². The van der Waals surface area contributed by atoms with E-state index in [0.717, 1.165) is 38.5 Å². The Morgan fingerprint density at radius 1 is 1.27 bits per heavy atom. The largest absolute Gasteiger partial charge is 0.377 e. The molecule has 0 aliphatic carbocycles. The van der Waals surface area contributed by atoms with Crippen LogP contribution in [0.5, 0.6) is 0 Å². The van der Waals surface area contributed by atoms with Crippen LogP contribution >= 0.6 is 0 Å². The molecule has 6 nitrogen and oxygen atoms in total. The van der Waals surface area contributed by atoms with Crippen LogP contribution in [0.4, 0.5) is 0 Å². The summed E-state index contributed by atoms with van der Waals surface area (Å²) in [7, 11) is -3.59. The fourth-order valence-electron chi connectivity index (χ4n) is 2.96. The Morgan fingerprint density at radius 3 is 2.62 bits per heavy atom. The van der Waals surface area contributed by atoms with Gasteiger partial charge in [0.15, 0.2) is 0 Å². The topological polar surface area (TPSA) is 84.5 Å². The SMILES string of the molecule is CCCCCC(C)NC(=O)c1ccc(S(=O)(=O)NCC2CCCO2)cc1. The number of rotatable bonds is 10. The highest BCUT2D eigenvalue weighted by Gasteiger charge is 2.20. The quantitative estimate of drug-likeness (QED) is 0.610. The van der Waals surface area contributed by atoms with Crippen molar-refractivity contribution in [3.63, 3.8) is 0 Å². The van der Waals surface area contributed by atoms with Crippen molar-refractivity contribution < 1.29 is 17.9 Å². The lowest BCUT2D eigenvalue weighted by Gasteiger charge is -2.14. The van der Waals surface area contributed by atoms with E-state index in [-0.39, 0.29) is 29.5 Å². The Hall–Kier alpha value is -1.44. The van der Waals surface area contributed by atoms with E-state index in [1.807, 2.05) is 6.92 Å². The number of ether oxygens (including phenoxy) is 1. The number of amides is 1. The fourth-order valence-corrected chi connectivity index (χ4v) is 4.02. The summed E-state index contributed by atoms with van der Waals surface area (Å²) in [5.41, 5.74) is 0.463. The Labute approximate surface area is 156 Å². The highest BCUT2D eigenvalue weighted by molar-refractivity contribution is 7.89. The van der Waals surface area contributed by atoms with Crippen LogP contribution in [-0.4, -0.2) is 39.6 Å². The third-order valence-electron chi connectivity index (χ3n) is 4.57. The van der Waals surface area contributed by atoms with E-state index < -0.39 is 10.0 Å². The first-order valence-corrected chi connectivity index (χ1v) is 10.9. The normalized spacial score (nSPS) is 18.6. The lowest BCUT2D eigenvalue weighted by atomic mass is 10.1. The third-order valence-corrected chi connectivity index (χ3v) is 6.01. The van der Waals surface area contributed by atoms with Gasteiger partial charge in [-0.1, -0.05) is 26.2 Å². The van der Waals surface area contributed by atoms with E-state index in [1.54, 1.807) is 12.1 Å². The van der Waals surface area contributed by atoms with Gasteiger partial charge in [-0.15, -0.1) is 0 Å². The van der Waals surface area contributed by atoms with Gasteiger partial charge in [-0.05, 0) is 50.5 Å². The number of benzene rings is 1. The van der Waals surface area contributed by atoms with Crippen molar-refractivity contribution >= 4 is 15.9 Å². The first-order valence-electron chi connectivity index (χ1n) is 9.44. The minimum Gasteiger partial charge on any atom is -0.377 e. The summed E-state index contributed by atoms with van der Waals surface area (Å²) in [6.07, 6.45) is 6.13. The van der Waals surface area contributed by atoms with E-state index in [0.29, 0.717) is 12.2 Å². The second-order valence-electron chi connectivity index (χ2n) is 6.88. The molecule has 1 amide bonds. The standard InChI is InChI=1S/C19H30N2O4S/c1-3-4-5-7-15(2)21-19(22)16-9-11-18(12-10-16)26(23,24)20-14-17-8-6-13-25-17/h9-12,15,17,20H,3-8,13-14H2,1-2H3,(H,21,22). The molecule has 0 aromatic heterocycles. The van der Waals surface area contributed by atoms with Gasteiger partial charge in [0, 0.05) is 24.8 Å². The molecule has 1 fully saturated rings. The van der Waals surface area contributed by atoms with Crippen molar-refractivity contribution in [3.05, 3.63) is 29.8 Å². The first kappa shape index (κ1) is 20.9. The zero-order chi connectivity index (χ0) is 19.0.